The van der Waals surface area contributed by atoms with Crippen LogP contribution in [-0.2, 0) is 0 Å². The fraction of sp³-hybridized carbons (Fsp3) is 0.143. The fourth-order valence-corrected chi connectivity index (χ4v) is 1.87. The number of benzene rings is 2. The van der Waals surface area contributed by atoms with Crippen molar-refractivity contribution in [2.45, 2.75) is 13.8 Å². The second-order valence-electron chi connectivity index (χ2n) is 4.63. The summed E-state index contributed by atoms with van der Waals surface area (Å²) in [6.45, 7) is 1.79. The van der Waals surface area contributed by atoms with E-state index in [1.54, 1.807) is 0 Å². The number of halogens is 7. The Hall–Kier alpha value is -1.99. The first-order chi connectivity index (χ1) is 10.2. The average Bonchev–Trinajstić information content (AvgIpc) is 2.48. The molecule has 0 heterocycles. The van der Waals surface area contributed by atoms with Crippen LogP contribution in [-0.4, -0.2) is 7.28 Å². The summed E-state index contributed by atoms with van der Waals surface area (Å²) in [4.78, 5) is 0. The molecule has 0 aliphatic rings. The quantitative estimate of drug-likeness (QED) is 0.454. The second kappa shape index (κ2) is 5.66. The molecule has 2 rings (SSSR count). The van der Waals surface area contributed by atoms with Crippen molar-refractivity contribution in [1.82, 2.24) is 0 Å². The molecule has 22 heavy (non-hydrogen) atoms. The molecule has 0 nitrogen and oxygen atoms in total. The number of hydrogen-bond acceptors (Lipinski definition) is 0. The predicted octanol–water partition coefficient (Wildman–Crippen LogP) is 2.93. The van der Waals surface area contributed by atoms with E-state index in [4.69, 9.17) is 0 Å². The zero-order valence-electron chi connectivity index (χ0n) is 11.3. The lowest BCUT2D eigenvalue weighted by Gasteiger charge is -2.11. The number of hydrogen-bond donors (Lipinski definition) is 0. The standard InChI is InChI=1S/C14H7BF7/c1-4-6(16)3-7(17)8(10(4)18)15-9-13(21)11(19)5(2)12(20)14(9)22/h3H,1-2H3. The molecule has 8 heteroatoms. The minimum atomic E-state index is -1.79. The van der Waals surface area contributed by atoms with Crippen molar-refractivity contribution in [2.24, 2.45) is 0 Å². The van der Waals surface area contributed by atoms with Crippen LogP contribution in [0.3, 0.4) is 0 Å². The van der Waals surface area contributed by atoms with Crippen molar-refractivity contribution in [3.8, 4) is 0 Å². The Morgan fingerprint density at radius 2 is 1.09 bits per heavy atom. The molecule has 0 unspecified atom stereocenters. The van der Waals surface area contributed by atoms with Gasteiger partial charge in [0.05, 0.1) is 0 Å². The molecule has 0 aliphatic carbocycles. The van der Waals surface area contributed by atoms with Crippen molar-refractivity contribution in [3.05, 3.63) is 57.9 Å². The maximum atomic E-state index is 13.8. The summed E-state index contributed by atoms with van der Waals surface area (Å²) in [6.07, 6.45) is 0. The summed E-state index contributed by atoms with van der Waals surface area (Å²) >= 11 is 0. The average molecular weight is 319 g/mol. The van der Waals surface area contributed by atoms with E-state index < -0.39 is 62.8 Å². The van der Waals surface area contributed by atoms with Crippen LogP contribution in [0.15, 0.2) is 6.07 Å². The Labute approximate surface area is 121 Å². The lowest BCUT2D eigenvalue weighted by atomic mass is 9.62. The Balaban J connectivity index is 2.66. The SMILES string of the molecule is Cc1c(F)c(F)c([B]c2c(F)cc(F)c(C)c2F)c(F)c1F. The molecule has 1 radical (unpaired) electrons. The first kappa shape index (κ1) is 16.4. The molecule has 0 fully saturated rings. The molecule has 0 N–H and O–H groups in total. The molecule has 0 amide bonds. The lowest BCUT2D eigenvalue weighted by Crippen LogP contribution is -2.38. The molecule has 2 aromatic rings. The Morgan fingerprint density at radius 1 is 0.591 bits per heavy atom. The van der Waals surface area contributed by atoms with Crippen LogP contribution < -0.4 is 10.9 Å². The fourth-order valence-electron chi connectivity index (χ4n) is 1.87. The van der Waals surface area contributed by atoms with Crippen molar-refractivity contribution < 1.29 is 30.7 Å². The normalized spacial score (nSPS) is 11.0. The van der Waals surface area contributed by atoms with Gasteiger partial charge in [0, 0.05) is 17.2 Å². The summed E-state index contributed by atoms with van der Waals surface area (Å²) in [5.41, 5.74) is -3.78. The maximum Gasteiger partial charge on any atom is 0.207 e. The van der Waals surface area contributed by atoms with E-state index >= 15 is 0 Å². The largest absolute Gasteiger partial charge is 0.207 e. The molecule has 2 aromatic carbocycles. The van der Waals surface area contributed by atoms with Gasteiger partial charge < -0.3 is 0 Å². The van der Waals surface area contributed by atoms with Gasteiger partial charge in [-0.05, 0) is 24.8 Å². The van der Waals surface area contributed by atoms with Crippen molar-refractivity contribution in [1.29, 1.82) is 0 Å². The molecule has 0 saturated heterocycles. The van der Waals surface area contributed by atoms with Crippen LogP contribution >= 0.6 is 0 Å². The minimum Gasteiger partial charge on any atom is -0.207 e. The van der Waals surface area contributed by atoms with E-state index in [2.05, 4.69) is 0 Å². The molecule has 0 saturated carbocycles. The Kier molecular flexibility index (Phi) is 4.22. The van der Waals surface area contributed by atoms with Crippen molar-refractivity contribution in [3.63, 3.8) is 0 Å². The van der Waals surface area contributed by atoms with Crippen LogP contribution in [0.4, 0.5) is 30.7 Å². The van der Waals surface area contributed by atoms with Gasteiger partial charge in [0.25, 0.3) is 0 Å². The lowest BCUT2D eigenvalue weighted by molar-refractivity contribution is 0.454. The monoisotopic (exact) mass is 319 g/mol. The van der Waals surface area contributed by atoms with Gasteiger partial charge >= 0.3 is 0 Å². The third-order valence-corrected chi connectivity index (χ3v) is 3.24. The first-order valence-corrected chi connectivity index (χ1v) is 5.98. The highest BCUT2D eigenvalue weighted by Crippen LogP contribution is 2.17. The summed E-state index contributed by atoms with van der Waals surface area (Å²) < 4.78 is 94.8. The van der Waals surface area contributed by atoms with Crippen LogP contribution in [0.5, 0.6) is 0 Å². The van der Waals surface area contributed by atoms with E-state index in [9.17, 15) is 30.7 Å². The third-order valence-electron chi connectivity index (χ3n) is 3.24. The molecular formula is C14H7BF7. The van der Waals surface area contributed by atoms with Gasteiger partial charge in [-0.3, -0.25) is 0 Å². The zero-order valence-corrected chi connectivity index (χ0v) is 11.3. The molecule has 0 bridgehead atoms. The van der Waals surface area contributed by atoms with Crippen LogP contribution in [0.25, 0.3) is 0 Å². The molecule has 0 aromatic heterocycles. The van der Waals surface area contributed by atoms with Crippen molar-refractivity contribution in [2.75, 3.05) is 0 Å². The molecule has 0 aliphatic heterocycles. The van der Waals surface area contributed by atoms with E-state index in [0.29, 0.717) is 6.07 Å². The molecule has 0 spiro atoms. The van der Waals surface area contributed by atoms with Gasteiger partial charge in [-0.15, -0.1) is 0 Å². The van der Waals surface area contributed by atoms with Crippen LogP contribution in [0, 0.1) is 54.6 Å². The first-order valence-electron chi connectivity index (χ1n) is 5.98. The summed E-state index contributed by atoms with van der Waals surface area (Å²) in [5.74, 6) is -11.0. The highest BCUT2D eigenvalue weighted by atomic mass is 19.2. The summed E-state index contributed by atoms with van der Waals surface area (Å²) in [7, 11) is 0.257. The van der Waals surface area contributed by atoms with E-state index in [-0.39, 0.29) is 7.28 Å². The van der Waals surface area contributed by atoms with Crippen LogP contribution in [0.1, 0.15) is 11.1 Å². The summed E-state index contributed by atoms with van der Waals surface area (Å²) in [5, 5.41) is 0. The van der Waals surface area contributed by atoms with Gasteiger partial charge in [0.15, 0.2) is 23.3 Å². The van der Waals surface area contributed by atoms with Crippen LogP contribution in [0.2, 0.25) is 0 Å². The third kappa shape index (κ3) is 2.46. The van der Waals surface area contributed by atoms with E-state index in [0.717, 1.165) is 13.8 Å². The molecule has 115 valence electrons. The van der Waals surface area contributed by atoms with Crippen molar-refractivity contribution >= 4 is 18.2 Å². The molecule has 0 atom stereocenters. The number of rotatable bonds is 2. The predicted molar refractivity (Wildman–Crippen MR) is 67.1 cm³/mol. The van der Waals surface area contributed by atoms with Gasteiger partial charge in [-0.2, -0.15) is 0 Å². The minimum absolute atomic E-state index is 0.257. The zero-order chi connectivity index (χ0) is 16.8. The molecular weight excluding hydrogens is 312 g/mol. The van der Waals surface area contributed by atoms with Gasteiger partial charge in [-0.25, -0.2) is 30.7 Å². The van der Waals surface area contributed by atoms with E-state index in [1.807, 2.05) is 0 Å². The Bertz CT molecular complexity index is 742. The van der Waals surface area contributed by atoms with Gasteiger partial charge in [0.1, 0.15) is 17.5 Å². The highest BCUT2D eigenvalue weighted by molar-refractivity contribution is 6.67. The maximum absolute atomic E-state index is 13.8. The van der Waals surface area contributed by atoms with Gasteiger partial charge in [-0.1, -0.05) is 0 Å². The Morgan fingerprint density at radius 3 is 1.59 bits per heavy atom. The summed E-state index contributed by atoms with van der Waals surface area (Å²) in [6, 6.07) is 0.307. The second-order valence-corrected chi connectivity index (χ2v) is 4.63. The smallest absolute Gasteiger partial charge is 0.207 e. The topological polar surface area (TPSA) is 0 Å². The van der Waals surface area contributed by atoms with E-state index in [1.165, 1.54) is 0 Å². The van der Waals surface area contributed by atoms with Gasteiger partial charge in [0.2, 0.25) is 7.28 Å². The highest BCUT2D eigenvalue weighted by Gasteiger charge is 2.26.